The molecule has 1 rings (SSSR count). The third-order valence-electron chi connectivity index (χ3n) is 2.18. The molecule has 1 atom stereocenters. The zero-order chi connectivity index (χ0) is 13.2. The highest BCUT2D eigenvalue weighted by Gasteiger charge is 2.13. The van der Waals surface area contributed by atoms with Crippen LogP contribution in [0.5, 0.6) is 5.75 Å². The number of carbonyl (C=O) groups is 1. The molecule has 1 aromatic rings. The first-order valence-electron chi connectivity index (χ1n) is 5.77. The van der Waals surface area contributed by atoms with Gasteiger partial charge in [-0.1, -0.05) is 18.2 Å². The highest BCUT2D eigenvalue weighted by atomic mass is 16.6. The molecule has 0 saturated carbocycles. The molecule has 1 unspecified atom stereocenters. The van der Waals surface area contributed by atoms with Crippen LogP contribution in [0.4, 0.5) is 0 Å². The maximum absolute atomic E-state index is 11.5. The van der Waals surface area contributed by atoms with Gasteiger partial charge in [0, 0.05) is 13.7 Å². The largest absolute Gasteiger partial charge is 0.482 e. The number of likely N-dealkylation sites (N-methyl/N-ethyl adjacent to an activating group) is 1. The van der Waals surface area contributed by atoms with E-state index in [1.807, 2.05) is 18.2 Å². The van der Waals surface area contributed by atoms with Crippen LogP contribution in [0.25, 0.3) is 0 Å². The fourth-order valence-electron chi connectivity index (χ4n) is 1.43. The Labute approximate surface area is 107 Å². The Morgan fingerprint density at radius 3 is 2.67 bits per heavy atom. The van der Waals surface area contributed by atoms with Gasteiger partial charge in [-0.05, 0) is 19.2 Å². The van der Waals surface area contributed by atoms with E-state index < -0.39 is 5.97 Å². The molecule has 100 valence electrons. The van der Waals surface area contributed by atoms with Crippen molar-refractivity contribution in [3.8, 4) is 5.75 Å². The maximum Gasteiger partial charge on any atom is 0.344 e. The number of nitrogens with one attached hydrogen (secondary N) is 1. The van der Waals surface area contributed by atoms with Crippen LogP contribution < -0.4 is 10.1 Å². The monoisotopic (exact) mass is 253 g/mol. The fourth-order valence-corrected chi connectivity index (χ4v) is 1.43. The molecule has 0 bridgehead atoms. The van der Waals surface area contributed by atoms with E-state index in [1.54, 1.807) is 26.3 Å². The van der Waals surface area contributed by atoms with Gasteiger partial charge in [0.15, 0.2) is 6.61 Å². The predicted octanol–water partition coefficient (Wildman–Crippen LogP) is 0.843. The zero-order valence-corrected chi connectivity index (χ0v) is 10.7. The van der Waals surface area contributed by atoms with Crippen LogP contribution in [-0.2, 0) is 14.3 Å². The molecule has 0 heterocycles. The van der Waals surface area contributed by atoms with Gasteiger partial charge in [-0.3, -0.25) is 0 Å². The summed E-state index contributed by atoms with van der Waals surface area (Å²) in [5, 5.41) is 2.93. The van der Waals surface area contributed by atoms with Crippen molar-refractivity contribution in [3.63, 3.8) is 0 Å². The third-order valence-corrected chi connectivity index (χ3v) is 2.18. The second-order valence-corrected chi connectivity index (χ2v) is 3.73. The minimum absolute atomic E-state index is 0.103. The van der Waals surface area contributed by atoms with Crippen molar-refractivity contribution >= 4 is 5.97 Å². The molecule has 0 radical (unpaired) electrons. The van der Waals surface area contributed by atoms with Crippen molar-refractivity contribution in [1.82, 2.24) is 5.32 Å². The Balaban J connectivity index is 2.31. The number of benzene rings is 1. The van der Waals surface area contributed by atoms with Crippen molar-refractivity contribution in [3.05, 3.63) is 30.3 Å². The van der Waals surface area contributed by atoms with Gasteiger partial charge in [0.05, 0.1) is 6.61 Å². The van der Waals surface area contributed by atoms with Gasteiger partial charge in [-0.2, -0.15) is 0 Å². The first-order chi connectivity index (χ1) is 8.76. The van der Waals surface area contributed by atoms with Gasteiger partial charge < -0.3 is 19.5 Å². The molecule has 0 spiro atoms. The van der Waals surface area contributed by atoms with E-state index in [0.29, 0.717) is 18.9 Å². The minimum atomic E-state index is -0.406. The van der Waals surface area contributed by atoms with Gasteiger partial charge >= 0.3 is 5.97 Å². The van der Waals surface area contributed by atoms with Crippen molar-refractivity contribution in [2.45, 2.75) is 6.10 Å². The molecule has 0 saturated heterocycles. The lowest BCUT2D eigenvalue weighted by Gasteiger charge is -2.16. The maximum atomic E-state index is 11.5. The summed E-state index contributed by atoms with van der Waals surface area (Å²) in [5.74, 6) is 0.238. The normalized spacial score (nSPS) is 11.9. The SMILES string of the molecule is CNCC(COC)OC(=O)COc1ccccc1. The van der Waals surface area contributed by atoms with Crippen molar-refractivity contribution in [2.24, 2.45) is 0 Å². The van der Waals surface area contributed by atoms with Gasteiger partial charge in [0.25, 0.3) is 0 Å². The minimum Gasteiger partial charge on any atom is -0.482 e. The summed E-state index contributed by atoms with van der Waals surface area (Å²) in [7, 11) is 3.36. The molecule has 1 N–H and O–H groups in total. The second kappa shape index (κ2) is 8.49. The Morgan fingerprint density at radius 1 is 1.33 bits per heavy atom. The Morgan fingerprint density at radius 2 is 2.06 bits per heavy atom. The average Bonchev–Trinajstić information content (AvgIpc) is 2.38. The van der Waals surface area contributed by atoms with Gasteiger partial charge in [0.1, 0.15) is 11.9 Å². The number of rotatable bonds is 8. The Kier molecular flexibility index (Phi) is 6.83. The van der Waals surface area contributed by atoms with Crippen LogP contribution in [0.1, 0.15) is 0 Å². The molecule has 0 aliphatic heterocycles. The number of hydrogen-bond acceptors (Lipinski definition) is 5. The summed E-state index contributed by atoms with van der Waals surface area (Å²) in [4.78, 5) is 11.5. The Bertz CT molecular complexity index is 336. The van der Waals surface area contributed by atoms with Crippen LogP contribution in [0.15, 0.2) is 30.3 Å². The first-order valence-corrected chi connectivity index (χ1v) is 5.77. The highest BCUT2D eigenvalue weighted by Crippen LogP contribution is 2.08. The van der Waals surface area contributed by atoms with E-state index in [-0.39, 0.29) is 12.7 Å². The summed E-state index contributed by atoms with van der Waals surface area (Å²) < 4.78 is 15.5. The van der Waals surface area contributed by atoms with Crippen LogP contribution in [0.2, 0.25) is 0 Å². The van der Waals surface area contributed by atoms with Crippen molar-refractivity contribution in [1.29, 1.82) is 0 Å². The summed E-state index contributed by atoms with van der Waals surface area (Å²) >= 11 is 0. The van der Waals surface area contributed by atoms with Gasteiger partial charge in [-0.25, -0.2) is 4.79 Å². The number of carbonyl (C=O) groups excluding carboxylic acids is 1. The van der Waals surface area contributed by atoms with E-state index in [9.17, 15) is 4.79 Å². The molecular formula is C13H19NO4. The lowest BCUT2D eigenvalue weighted by atomic mass is 10.3. The lowest BCUT2D eigenvalue weighted by molar-refractivity contribution is -0.153. The standard InChI is InChI=1S/C13H19NO4/c1-14-8-12(9-16-2)18-13(15)10-17-11-6-4-3-5-7-11/h3-7,12,14H,8-10H2,1-2H3. The third kappa shape index (κ3) is 5.65. The average molecular weight is 253 g/mol. The van der Waals surface area contributed by atoms with Gasteiger partial charge in [-0.15, -0.1) is 0 Å². The molecule has 0 aliphatic carbocycles. The highest BCUT2D eigenvalue weighted by molar-refractivity contribution is 5.71. The lowest BCUT2D eigenvalue weighted by Crippen LogP contribution is -2.34. The fraction of sp³-hybridized carbons (Fsp3) is 0.462. The molecule has 5 heteroatoms. The quantitative estimate of drug-likeness (QED) is 0.696. The number of methoxy groups -OCH3 is 1. The van der Waals surface area contributed by atoms with E-state index >= 15 is 0 Å². The van der Waals surface area contributed by atoms with E-state index in [0.717, 1.165) is 0 Å². The molecule has 18 heavy (non-hydrogen) atoms. The predicted molar refractivity (Wildman–Crippen MR) is 67.6 cm³/mol. The van der Waals surface area contributed by atoms with Crippen molar-refractivity contribution < 1.29 is 19.0 Å². The first kappa shape index (κ1) is 14.5. The molecule has 0 aliphatic rings. The zero-order valence-electron chi connectivity index (χ0n) is 10.7. The van der Waals surface area contributed by atoms with Gasteiger partial charge in [0.2, 0.25) is 0 Å². The molecule has 1 aromatic carbocycles. The topological polar surface area (TPSA) is 56.8 Å². The number of ether oxygens (including phenoxy) is 3. The Hall–Kier alpha value is -1.59. The van der Waals surface area contributed by atoms with Crippen LogP contribution in [0.3, 0.4) is 0 Å². The molecule has 0 aromatic heterocycles. The summed E-state index contributed by atoms with van der Waals surface area (Å²) in [6, 6.07) is 9.14. The van der Waals surface area contributed by atoms with Crippen LogP contribution >= 0.6 is 0 Å². The molecule has 0 fully saturated rings. The molecular weight excluding hydrogens is 234 g/mol. The summed E-state index contributed by atoms with van der Waals surface area (Å²) in [6.45, 7) is 0.802. The summed E-state index contributed by atoms with van der Waals surface area (Å²) in [6.07, 6.45) is -0.299. The van der Waals surface area contributed by atoms with Crippen LogP contribution in [-0.4, -0.2) is 46.0 Å². The molecule has 0 amide bonds. The molecule has 5 nitrogen and oxygen atoms in total. The van der Waals surface area contributed by atoms with E-state index in [4.69, 9.17) is 14.2 Å². The van der Waals surface area contributed by atoms with E-state index in [2.05, 4.69) is 5.32 Å². The number of hydrogen-bond donors (Lipinski definition) is 1. The van der Waals surface area contributed by atoms with E-state index in [1.165, 1.54) is 0 Å². The number of para-hydroxylation sites is 1. The summed E-state index contributed by atoms with van der Waals surface area (Å²) in [5.41, 5.74) is 0. The van der Waals surface area contributed by atoms with Crippen molar-refractivity contribution in [2.75, 3.05) is 33.9 Å². The second-order valence-electron chi connectivity index (χ2n) is 3.73. The smallest absolute Gasteiger partial charge is 0.344 e. The number of esters is 1. The van der Waals surface area contributed by atoms with Crippen LogP contribution in [0, 0.1) is 0 Å².